The summed E-state index contributed by atoms with van der Waals surface area (Å²) in [6, 6.07) is 11.1. The quantitative estimate of drug-likeness (QED) is 0.480. The number of hydrogen-bond acceptors (Lipinski definition) is 4. The highest BCUT2D eigenvalue weighted by atomic mass is 79.9. The van der Waals surface area contributed by atoms with Crippen molar-refractivity contribution in [3.8, 4) is 5.75 Å². The van der Waals surface area contributed by atoms with Crippen molar-refractivity contribution in [1.82, 2.24) is 9.38 Å². The standard InChI is InChI=1S/C16H8Br2N2O2S/c17-9-5-8(6-10(18)14(9)21)7-13-15(22)20-12-4-2-1-3-11(12)19-16(20)23-13/h1-7,21H. The average molecular weight is 452 g/mol. The molecular weight excluding hydrogens is 444 g/mol. The van der Waals surface area contributed by atoms with Crippen LogP contribution in [0.15, 0.2) is 50.1 Å². The maximum Gasteiger partial charge on any atom is 0.274 e. The van der Waals surface area contributed by atoms with E-state index in [0.29, 0.717) is 18.4 Å². The molecular formula is C16H8Br2N2O2S. The zero-order valence-electron chi connectivity index (χ0n) is 11.5. The Balaban J connectivity index is 1.99. The van der Waals surface area contributed by atoms with Crippen LogP contribution >= 0.6 is 43.2 Å². The van der Waals surface area contributed by atoms with Gasteiger partial charge in [-0.2, -0.15) is 0 Å². The van der Waals surface area contributed by atoms with Crippen molar-refractivity contribution in [2.75, 3.05) is 0 Å². The number of fused-ring (bicyclic) bond motifs is 3. The molecule has 0 radical (unpaired) electrons. The molecule has 2 heterocycles. The van der Waals surface area contributed by atoms with Crippen molar-refractivity contribution in [1.29, 1.82) is 0 Å². The Morgan fingerprint density at radius 2 is 1.87 bits per heavy atom. The summed E-state index contributed by atoms with van der Waals surface area (Å²) in [5.41, 5.74) is 2.36. The van der Waals surface area contributed by atoms with Gasteiger partial charge in [0.25, 0.3) is 5.56 Å². The molecule has 0 saturated carbocycles. The highest BCUT2D eigenvalue weighted by Gasteiger charge is 2.11. The lowest BCUT2D eigenvalue weighted by atomic mass is 10.2. The lowest BCUT2D eigenvalue weighted by molar-refractivity contribution is 0.468. The van der Waals surface area contributed by atoms with Crippen LogP contribution in [0.4, 0.5) is 0 Å². The molecule has 7 heteroatoms. The second-order valence-corrected chi connectivity index (χ2v) is 7.69. The van der Waals surface area contributed by atoms with Crippen LogP contribution in [0.5, 0.6) is 5.75 Å². The van der Waals surface area contributed by atoms with Gasteiger partial charge in [-0.25, -0.2) is 9.38 Å². The van der Waals surface area contributed by atoms with E-state index < -0.39 is 0 Å². The second-order valence-electron chi connectivity index (χ2n) is 4.97. The van der Waals surface area contributed by atoms with Crippen molar-refractivity contribution < 1.29 is 5.11 Å². The summed E-state index contributed by atoms with van der Waals surface area (Å²) in [5.74, 6) is 0.136. The summed E-state index contributed by atoms with van der Waals surface area (Å²) < 4.78 is 3.37. The molecule has 4 nitrogen and oxygen atoms in total. The number of phenols is 1. The Labute approximate surface area is 151 Å². The molecule has 4 rings (SSSR count). The van der Waals surface area contributed by atoms with Crippen LogP contribution in [-0.2, 0) is 0 Å². The number of aromatic nitrogens is 2. The molecule has 2 aromatic heterocycles. The predicted octanol–water partition coefficient (Wildman–Crippen LogP) is 3.69. The van der Waals surface area contributed by atoms with Crippen LogP contribution in [0.1, 0.15) is 5.56 Å². The highest BCUT2D eigenvalue weighted by molar-refractivity contribution is 9.11. The first kappa shape index (κ1) is 14.9. The summed E-state index contributed by atoms with van der Waals surface area (Å²) in [6.45, 7) is 0. The first-order chi connectivity index (χ1) is 11.0. The van der Waals surface area contributed by atoms with Crippen molar-refractivity contribution in [3.05, 3.63) is 65.8 Å². The molecule has 0 fully saturated rings. The summed E-state index contributed by atoms with van der Waals surface area (Å²) in [4.78, 5) is 17.8. The van der Waals surface area contributed by atoms with Gasteiger partial charge in [-0.05, 0) is 67.8 Å². The number of phenolic OH excluding ortho intramolecular Hbond substituents is 1. The molecule has 0 atom stereocenters. The predicted molar refractivity (Wildman–Crippen MR) is 99.1 cm³/mol. The summed E-state index contributed by atoms with van der Waals surface area (Å²) in [5, 5.41) is 9.77. The summed E-state index contributed by atoms with van der Waals surface area (Å²) in [6.07, 6.45) is 1.80. The Morgan fingerprint density at radius 1 is 1.17 bits per heavy atom. The number of nitrogens with zero attached hydrogens (tertiary/aromatic N) is 2. The molecule has 4 aromatic rings. The normalized spacial score (nSPS) is 12.5. The van der Waals surface area contributed by atoms with Gasteiger partial charge in [0.2, 0.25) is 0 Å². The van der Waals surface area contributed by atoms with E-state index in [-0.39, 0.29) is 11.3 Å². The zero-order chi connectivity index (χ0) is 16.1. The number of thiazole rings is 1. The lowest BCUT2D eigenvalue weighted by Crippen LogP contribution is -2.22. The van der Waals surface area contributed by atoms with E-state index in [1.54, 1.807) is 22.6 Å². The summed E-state index contributed by atoms with van der Waals surface area (Å²) >= 11 is 7.94. The van der Waals surface area contributed by atoms with Gasteiger partial charge in [0.1, 0.15) is 5.75 Å². The Morgan fingerprint density at radius 3 is 2.61 bits per heavy atom. The third kappa shape index (κ3) is 2.39. The minimum atomic E-state index is -0.0842. The molecule has 0 bridgehead atoms. The fourth-order valence-electron chi connectivity index (χ4n) is 2.43. The Hall–Kier alpha value is -1.70. The van der Waals surface area contributed by atoms with E-state index in [9.17, 15) is 9.90 Å². The molecule has 0 aliphatic carbocycles. The van der Waals surface area contributed by atoms with Crippen molar-refractivity contribution in [2.45, 2.75) is 0 Å². The number of aromatic hydroxyl groups is 1. The third-order valence-electron chi connectivity index (χ3n) is 3.48. The first-order valence-electron chi connectivity index (χ1n) is 6.64. The number of rotatable bonds is 1. The van der Waals surface area contributed by atoms with Gasteiger partial charge in [-0.15, -0.1) is 0 Å². The monoisotopic (exact) mass is 450 g/mol. The largest absolute Gasteiger partial charge is 0.506 e. The third-order valence-corrected chi connectivity index (χ3v) is 5.66. The minimum Gasteiger partial charge on any atom is -0.506 e. The Bertz CT molecular complexity index is 1160. The van der Waals surface area contributed by atoms with E-state index in [2.05, 4.69) is 36.8 Å². The maximum atomic E-state index is 12.7. The SMILES string of the molecule is O=c1c(=Cc2cc(Br)c(O)c(Br)c2)sc2nc3ccccc3n12. The van der Waals surface area contributed by atoms with Gasteiger partial charge < -0.3 is 5.11 Å². The fourth-order valence-corrected chi connectivity index (χ4v) is 4.64. The maximum absolute atomic E-state index is 12.7. The lowest BCUT2D eigenvalue weighted by Gasteiger charge is -2.01. The van der Waals surface area contributed by atoms with E-state index in [1.807, 2.05) is 24.3 Å². The highest BCUT2D eigenvalue weighted by Crippen LogP contribution is 2.33. The van der Waals surface area contributed by atoms with Crippen molar-refractivity contribution in [3.63, 3.8) is 0 Å². The topological polar surface area (TPSA) is 54.6 Å². The number of benzene rings is 2. The average Bonchev–Trinajstić information content (AvgIpc) is 3.02. The molecule has 1 N–H and O–H groups in total. The van der Waals surface area contributed by atoms with Crippen molar-refractivity contribution in [2.24, 2.45) is 0 Å². The molecule has 0 aliphatic rings. The molecule has 0 unspecified atom stereocenters. The molecule has 0 saturated heterocycles. The molecule has 2 aromatic carbocycles. The van der Waals surface area contributed by atoms with Gasteiger partial charge in [0, 0.05) is 0 Å². The molecule has 114 valence electrons. The van der Waals surface area contributed by atoms with Crippen LogP contribution in [0.3, 0.4) is 0 Å². The van der Waals surface area contributed by atoms with Crippen LogP contribution in [0.2, 0.25) is 0 Å². The zero-order valence-corrected chi connectivity index (χ0v) is 15.4. The smallest absolute Gasteiger partial charge is 0.274 e. The molecule has 23 heavy (non-hydrogen) atoms. The number of para-hydroxylation sites is 2. The fraction of sp³-hybridized carbons (Fsp3) is 0. The van der Waals surface area contributed by atoms with Crippen LogP contribution < -0.4 is 10.1 Å². The number of halogens is 2. The van der Waals surface area contributed by atoms with Gasteiger partial charge in [0.15, 0.2) is 4.96 Å². The van der Waals surface area contributed by atoms with Crippen LogP contribution in [0.25, 0.3) is 22.1 Å². The molecule has 0 amide bonds. The van der Waals surface area contributed by atoms with E-state index >= 15 is 0 Å². The summed E-state index contributed by atoms with van der Waals surface area (Å²) in [7, 11) is 0. The van der Waals surface area contributed by atoms with Crippen LogP contribution in [0, 0.1) is 0 Å². The van der Waals surface area contributed by atoms with Crippen LogP contribution in [-0.4, -0.2) is 14.5 Å². The first-order valence-corrected chi connectivity index (χ1v) is 9.04. The van der Waals surface area contributed by atoms with E-state index in [1.165, 1.54) is 11.3 Å². The van der Waals surface area contributed by atoms with Gasteiger partial charge in [-0.1, -0.05) is 23.5 Å². The van der Waals surface area contributed by atoms with E-state index in [4.69, 9.17) is 0 Å². The van der Waals surface area contributed by atoms with Gasteiger partial charge in [-0.3, -0.25) is 4.79 Å². The number of imidazole rings is 1. The van der Waals surface area contributed by atoms with Crippen molar-refractivity contribution >= 4 is 65.3 Å². The van der Waals surface area contributed by atoms with Gasteiger partial charge >= 0.3 is 0 Å². The molecule has 0 spiro atoms. The molecule has 0 aliphatic heterocycles. The Kier molecular flexibility index (Phi) is 3.51. The number of hydrogen-bond donors (Lipinski definition) is 1. The van der Waals surface area contributed by atoms with E-state index in [0.717, 1.165) is 16.6 Å². The second kappa shape index (κ2) is 5.43. The van der Waals surface area contributed by atoms with Gasteiger partial charge in [0.05, 0.1) is 24.5 Å². The minimum absolute atomic E-state index is 0.0842.